The van der Waals surface area contributed by atoms with Crippen LogP contribution in [0.1, 0.15) is 44.1 Å². The molecule has 4 fully saturated rings. The molecule has 1 aromatic carbocycles. The zero-order valence-electron chi connectivity index (χ0n) is 14.8. The molecule has 1 aliphatic heterocycles. The molecule has 136 valence electrons. The predicted molar refractivity (Wildman–Crippen MR) is 100 cm³/mol. The lowest BCUT2D eigenvalue weighted by molar-refractivity contribution is -0.131. The summed E-state index contributed by atoms with van der Waals surface area (Å²) in [6.07, 6.45) is 8.22. The van der Waals surface area contributed by atoms with Gasteiger partial charge in [0.1, 0.15) is 5.75 Å². The van der Waals surface area contributed by atoms with Gasteiger partial charge in [-0.15, -0.1) is 11.6 Å². The van der Waals surface area contributed by atoms with Gasteiger partial charge in [-0.2, -0.15) is 0 Å². The monoisotopic (exact) mass is 371 g/mol. The molecule has 0 N–H and O–H groups in total. The quantitative estimate of drug-likeness (QED) is 0.444. The first-order valence-electron chi connectivity index (χ1n) is 9.33. The van der Waals surface area contributed by atoms with Crippen molar-refractivity contribution in [2.45, 2.75) is 43.4 Å². The van der Waals surface area contributed by atoms with Crippen molar-refractivity contribution in [2.75, 3.05) is 7.11 Å². The van der Waals surface area contributed by atoms with Gasteiger partial charge in [-0.1, -0.05) is 12.1 Å². The van der Waals surface area contributed by atoms with E-state index < -0.39 is 0 Å². The second kappa shape index (κ2) is 5.59. The Bertz CT molecular complexity index is 829. The minimum atomic E-state index is -0.359. The number of cyclic esters (lactones) is 1. The predicted octanol–water partition coefficient (Wildman–Crippen LogP) is 4.57. The summed E-state index contributed by atoms with van der Waals surface area (Å²) in [5.41, 5.74) is 1.10. The fourth-order valence-corrected chi connectivity index (χ4v) is 6.62. The number of halogens is 1. The highest BCUT2D eigenvalue weighted by atomic mass is 35.5. The van der Waals surface area contributed by atoms with Crippen LogP contribution in [0.15, 0.2) is 35.0 Å². The Balaban J connectivity index is 1.48. The molecule has 6 rings (SSSR count). The Hall–Kier alpha value is -1.81. The average molecular weight is 372 g/mol. The number of alkyl halides is 1. The zero-order valence-corrected chi connectivity index (χ0v) is 15.6. The van der Waals surface area contributed by atoms with Gasteiger partial charge in [0, 0.05) is 10.3 Å². The lowest BCUT2D eigenvalue weighted by Crippen LogP contribution is -2.56. The molecule has 0 radical (unpaired) electrons. The summed E-state index contributed by atoms with van der Waals surface area (Å²) in [5.74, 6) is 2.28. The summed E-state index contributed by atoms with van der Waals surface area (Å²) in [4.78, 5) is 17.0. The number of benzene rings is 1. The number of ether oxygens (including phenoxy) is 2. The van der Waals surface area contributed by atoms with E-state index in [-0.39, 0.29) is 16.3 Å². The first kappa shape index (κ1) is 16.4. The van der Waals surface area contributed by atoms with Crippen molar-refractivity contribution in [3.8, 4) is 5.75 Å². The highest BCUT2D eigenvalue weighted by Crippen LogP contribution is 2.64. The molecule has 4 atom stereocenters. The second-order valence-electron chi connectivity index (χ2n) is 8.50. The first-order chi connectivity index (χ1) is 12.5. The molecule has 4 nitrogen and oxygen atoms in total. The molecule has 1 heterocycles. The molecule has 4 bridgehead atoms. The molecule has 5 aliphatic rings. The van der Waals surface area contributed by atoms with Gasteiger partial charge in [0.2, 0.25) is 5.90 Å². The molecule has 1 aromatic rings. The van der Waals surface area contributed by atoms with Crippen LogP contribution in [0, 0.1) is 17.3 Å². The largest absolute Gasteiger partial charge is 0.497 e. The van der Waals surface area contributed by atoms with E-state index in [1.165, 1.54) is 6.42 Å². The van der Waals surface area contributed by atoms with E-state index >= 15 is 0 Å². The molecule has 4 aliphatic carbocycles. The van der Waals surface area contributed by atoms with Gasteiger partial charge < -0.3 is 9.47 Å². The summed E-state index contributed by atoms with van der Waals surface area (Å²) >= 11 is 6.91. The van der Waals surface area contributed by atoms with E-state index in [9.17, 15) is 4.79 Å². The number of methoxy groups -OCH3 is 1. The molecule has 2 unspecified atom stereocenters. The maximum Gasteiger partial charge on any atom is 0.363 e. The van der Waals surface area contributed by atoms with Crippen molar-refractivity contribution in [1.29, 1.82) is 0 Å². The van der Waals surface area contributed by atoms with Crippen LogP contribution in [0.5, 0.6) is 5.75 Å². The Labute approximate surface area is 158 Å². The van der Waals surface area contributed by atoms with Crippen molar-refractivity contribution < 1.29 is 14.3 Å². The lowest BCUT2D eigenvalue weighted by Gasteiger charge is -2.59. The van der Waals surface area contributed by atoms with E-state index in [0.717, 1.165) is 43.4 Å². The highest BCUT2D eigenvalue weighted by molar-refractivity contribution is 6.24. The smallest absolute Gasteiger partial charge is 0.363 e. The summed E-state index contributed by atoms with van der Waals surface area (Å²) < 4.78 is 10.9. The Morgan fingerprint density at radius 2 is 2.04 bits per heavy atom. The third kappa shape index (κ3) is 2.58. The van der Waals surface area contributed by atoms with Crippen LogP contribution >= 0.6 is 11.6 Å². The molecule has 5 heteroatoms. The molecule has 0 aromatic heterocycles. The number of aliphatic imine (C=N–C) groups is 1. The number of carbonyl (C=O) groups excluding carboxylic acids is 1. The normalized spacial score (nSPS) is 39.2. The number of rotatable bonds is 3. The minimum Gasteiger partial charge on any atom is -0.497 e. The highest BCUT2D eigenvalue weighted by Gasteiger charge is 2.60. The summed E-state index contributed by atoms with van der Waals surface area (Å²) in [7, 11) is 1.63. The summed E-state index contributed by atoms with van der Waals surface area (Å²) in [6.45, 7) is 0. The van der Waals surface area contributed by atoms with E-state index in [2.05, 4.69) is 4.99 Å². The van der Waals surface area contributed by atoms with E-state index in [1.807, 2.05) is 24.3 Å². The maximum atomic E-state index is 12.4. The van der Waals surface area contributed by atoms with Crippen LogP contribution in [-0.4, -0.2) is 23.9 Å². The van der Waals surface area contributed by atoms with Crippen LogP contribution in [0.4, 0.5) is 0 Å². The van der Waals surface area contributed by atoms with Gasteiger partial charge in [0.15, 0.2) is 5.70 Å². The zero-order chi connectivity index (χ0) is 17.9. The fraction of sp³-hybridized carbons (Fsp3) is 0.524. The van der Waals surface area contributed by atoms with Gasteiger partial charge >= 0.3 is 5.97 Å². The van der Waals surface area contributed by atoms with E-state index in [1.54, 1.807) is 13.2 Å². The number of nitrogens with zero attached hydrogens (tertiary/aromatic N) is 1. The van der Waals surface area contributed by atoms with E-state index in [4.69, 9.17) is 21.1 Å². The molecule has 0 saturated heterocycles. The van der Waals surface area contributed by atoms with Gasteiger partial charge in [-0.05, 0) is 74.1 Å². The summed E-state index contributed by atoms with van der Waals surface area (Å²) in [5, 5.41) is 0. The van der Waals surface area contributed by atoms with Crippen molar-refractivity contribution in [3.63, 3.8) is 0 Å². The number of hydrogen-bond acceptors (Lipinski definition) is 4. The first-order valence-corrected chi connectivity index (χ1v) is 9.71. The molecule has 26 heavy (non-hydrogen) atoms. The average Bonchev–Trinajstić information content (AvgIpc) is 2.94. The molecule has 4 saturated carbocycles. The Morgan fingerprint density at radius 3 is 2.73 bits per heavy atom. The molecular formula is C21H22ClNO3. The number of hydrogen-bond donors (Lipinski definition) is 0. The SMILES string of the molecule is COc1cccc(/C=C2\N=C(C34C[C@@H]5C[C@@H](CC(Cl)(C5)C3)C4)OC2=O)c1. The Kier molecular flexibility index (Phi) is 3.52. The second-order valence-corrected chi connectivity index (χ2v) is 9.31. The van der Waals surface area contributed by atoms with Gasteiger partial charge in [0.05, 0.1) is 7.11 Å². The van der Waals surface area contributed by atoms with Crippen molar-refractivity contribution in [2.24, 2.45) is 22.2 Å². The van der Waals surface area contributed by atoms with Crippen LogP contribution < -0.4 is 4.74 Å². The molecule has 0 amide bonds. The van der Waals surface area contributed by atoms with Crippen LogP contribution in [0.2, 0.25) is 0 Å². The van der Waals surface area contributed by atoms with E-state index in [0.29, 0.717) is 23.4 Å². The van der Waals surface area contributed by atoms with Crippen molar-refractivity contribution in [3.05, 3.63) is 35.5 Å². The van der Waals surface area contributed by atoms with Crippen molar-refractivity contribution in [1.82, 2.24) is 0 Å². The van der Waals surface area contributed by atoms with Crippen LogP contribution in [0.25, 0.3) is 6.08 Å². The minimum absolute atomic E-state index is 0.127. The van der Waals surface area contributed by atoms with Gasteiger partial charge in [-0.25, -0.2) is 9.79 Å². The standard InChI is InChI=1S/C21H22ClNO3/c1-25-16-4-2-3-13(6-16)7-17-18(24)26-19(23-17)20-8-14-5-15(9-20)11-21(22,10-14)12-20/h2-4,6-7,14-15H,5,8-12H2,1H3/b17-7-/t14-,15+,20?,21?. The Morgan fingerprint density at radius 1 is 1.27 bits per heavy atom. The van der Waals surface area contributed by atoms with Crippen LogP contribution in [-0.2, 0) is 9.53 Å². The topological polar surface area (TPSA) is 47.9 Å². The lowest BCUT2D eigenvalue weighted by atomic mass is 9.49. The third-order valence-electron chi connectivity index (χ3n) is 6.46. The summed E-state index contributed by atoms with van der Waals surface area (Å²) in [6, 6.07) is 7.58. The van der Waals surface area contributed by atoms with Crippen LogP contribution in [0.3, 0.4) is 0 Å². The van der Waals surface area contributed by atoms with Crippen molar-refractivity contribution >= 4 is 29.5 Å². The maximum absolute atomic E-state index is 12.4. The number of esters is 1. The van der Waals surface area contributed by atoms with Gasteiger partial charge in [0.25, 0.3) is 0 Å². The fourth-order valence-electron chi connectivity index (χ4n) is 5.93. The molecular weight excluding hydrogens is 350 g/mol. The van der Waals surface area contributed by atoms with Gasteiger partial charge in [-0.3, -0.25) is 0 Å². The molecule has 0 spiro atoms. The number of carbonyl (C=O) groups is 1. The third-order valence-corrected chi connectivity index (χ3v) is 6.90.